The molecule has 0 amide bonds. The number of likely N-dealkylation sites (N-methyl/N-ethyl adjacent to an activating group) is 1. The highest BCUT2D eigenvalue weighted by Crippen LogP contribution is 2.21. The molecular weight excluding hydrogens is 186 g/mol. The first kappa shape index (κ1) is 12.5. The van der Waals surface area contributed by atoms with E-state index in [4.69, 9.17) is 5.26 Å². The van der Waals surface area contributed by atoms with E-state index in [2.05, 4.69) is 16.3 Å². The summed E-state index contributed by atoms with van der Waals surface area (Å²) in [6.45, 7) is 7.56. The molecule has 3 nitrogen and oxygen atoms in total. The molecule has 0 aromatic carbocycles. The molecule has 86 valence electrons. The molecule has 1 saturated heterocycles. The summed E-state index contributed by atoms with van der Waals surface area (Å²) in [5.74, 6) is 0. The minimum Gasteiger partial charge on any atom is -0.316 e. The molecule has 3 heteroatoms. The van der Waals surface area contributed by atoms with Crippen LogP contribution in [0.25, 0.3) is 0 Å². The number of rotatable bonds is 5. The lowest BCUT2D eigenvalue weighted by Crippen LogP contribution is -2.30. The number of nitrogens with zero attached hydrogens (tertiary/aromatic N) is 2. The fraction of sp³-hybridized carbons (Fsp3) is 0.917. The highest BCUT2D eigenvalue weighted by molar-refractivity contribution is 4.91. The van der Waals surface area contributed by atoms with Gasteiger partial charge in [0.2, 0.25) is 0 Å². The zero-order chi connectivity index (χ0) is 11.3. The minimum atomic E-state index is -0.151. The van der Waals surface area contributed by atoms with Crippen LogP contribution in [0.1, 0.15) is 33.1 Å². The van der Waals surface area contributed by atoms with Crippen molar-refractivity contribution in [2.24, 2.45) is 5.41 Å². The van der Waals surface area contributed by atoms with Crippen LogP contribution in [0, 0.1) is 16.7 Å². The Kier molecular flexibility index (Phi) is 4.56. The maximum absolute atomic E-state index is 8.89. The van der Waals surface area contributed by atoms with Gasteiger partial charge in [-0.25, -0.2) is 0 Å². The van der Waals surface area contributed by atoms with Crippen LogP contribution in [0.4, 0.5) is 0 Å². The average Bonchev–Trinajstić information content (AvgIpc) is 2.66. The zero-order valence-electron chi connectivity index (χ0n) is 10.2. The molecular formula is C12H23N3. The molecule has 0 spiro atoms. The van der Waals surface area contributed by atoms with Crippen LogP contribution in [0.2, 0.25) is 0 Å². The Morgan fingerprint density at radius 3 is 2.80 bits per heavy atom. The first-order chi connectivity index (χ1) is 7.07. The molecule has 0 bridgehead atoms. The van der Waals surface area contributed by atoms with Gasteiger partial charge < -0.3 is 10.2 Å². The normalized spacial score (nSPS) is 22.9. The Balaban J connectivity index is 2.14. The molecule has 0 aromatic rings. The summed E-state index contributed by atoms with van der Waals surface area (Å²) >= 11 is 0. The van der Waals surface area contributed by atoms with Gasteiger partial charge in [0.15, 0.2) is 0 Å². The van der Waals surface area contributed by atoms with E-state index in [0.29, 0.717) is 6.04 Å². The molecule has 0 aromatic heterocycles. The molecule has 0 saturated carbocycles. The van der Waals surface area contributed by atoms with Gasteiger partial charge in [-0.2, -0.15) is 5.26 Å². The lowest BCUT2D eigenvalue weighted by Gasteiger charge is -2.19. The molecule has 1 atom stereocenters. The maximum Gasteiger partial charge on any atom is 0.0683 e. The molecule has 1 unspecified atom stereocenters. The Morgan fingerprint density at radius 1 is 1.53 bits per heavy atom. The maximum atomic E-state index is 8.89. The molecule has 1 rings (SSSR count). The third kappa shape index (κ3) is 4.19. The van der Waals surface area contributed by atoms with Crippen LogP contribution in [-0.2, 0) is 0 Å². The largest absolute Gasteiger partial charge is 0.316 e. The van der Waals surface area contributed by atoms with Gasteiger partial charge >= 0.3 is 0 Å². The summed E-state index contributed by atoms with van der Waals surface area (Å²) in [7, 11) is 2.03. The standard InChI is InChI=1S/C12H23N3/c1-12(2,10-13)6-4-7-15-8-5-11(9-15)14-3/h11,14H,4-9H2,1-3H3. The zero-order valence-corrected chi connectivity index (χ0v) is 10.2. The number of likely N-dealkylation sites (tertiary alicyclic amines) is 1. The van der Waals surface area contributed by atoms with Crippen LogP contribution in [0.15, 0.2) is 0 Å². The van der Waals surface area contributed by atoms with E-state index in [9.17, 15) is 0 Å². The smallest absolute Gasteiger partial charge is 0.0683 e. The molecule has 1 fully saturated rings. The molecule has 15 heavy (non-hydrogen) atoms. The van der Waals surface area contributed by atoms with Crippen molar-refractivity contribution < 1.29 is 0 Å². The Hall–Kier alpha value is -0.590. The van der Waals surface area contributed by atoms with Crippen molar-refractivity contribution in [3.05, 3.63) is 0 Å². The van der Waals surface area contributed by atoms with Gasteiger partial charge in [0.05, 0.1) is 11.5 Å². The van der Waals surface area contributed by atoms with Crippen molar-refractivity contribution in [1.82, 2.24) is 10.2 Å². The summed E-state index contributed by atoms with van der Waals surface area (Å²) in [5, 5.41) is 12.2. The fourth-order valence-corrected chi connectivity index (χ4v) is 2.07. The van der Waals surface area contributed by atoms with Crippen LogP contribution < -0.4 is 5.32 Å². The highest BCUT2D eigenvalue weighted by Gasteiger charge is 2.21. The van der Waals surface area contributed by atoms with Gasteiger partial charge in [-0.15, -0.1) is 0 Å². The lowest BCUT2D eigenvalue weighted by atomic mass is 9.90. The predicted octanol–water partition coefficient (Wildman–Crippen LogP) is 1.61. The van der Waals surface area contributed by atoms with E-state index in [1.165, 1.54) is 19.5 Å². The average molecular weight is 209 g/mol. The summed E-state index contributed by atoms with van der Waals surface area (Å²) in [6.07, 6.45) is 3.40. The van der Waals surface area contributed by atoms with Crippen LogP contribution in [0.5, 0.6) is 0 Å². The summed E-state index contributed by atoms with van der Waals surface area (Å²) in [5.41, 5.74) is -0.151. The molecule has 1 aliphatic heterocycles. The second-order valence-corrected chi connectivity index (χ2v) is 5.17. The van der Waals surface area contributed by atoms with E-state index in [1.807, 2.05) is 20.9 Å². The van der Waals surface area contributed by atoms with Gasteiger partial charge in [-0.1, -0.05) is 0 Å². The second-order valence-electron chi connectivity index (χ2n) is 5.17. The molecule has 1 heterocycles. The lowest BCUT2D eigenvalue weighted by molar-refractivity contribution is 0.300. The van der Waals surface area contributed by atoms with E-state index in [-0.39, 0.29) is 5.41 Å². The van der Waals surface area contributed by atoms with Gasteiger partial charge in [0.25, 0.3) is 0 Å². The van der Waals surface area contributed by atoms with Gasteiger partial charge in [-0.3, -0.25) is 0 Å². The van der Waals surface area contributed by atoms with Crippen molar-refractivity contribution in [2.45, 2.75) is 39.2 Å². The topological polar surface area (TPSA) is 39.1 Å². The van der Waals surface area contributed by atoms with Crippen molar-refractivity contribution in [3.8, 4) is 6.07 Å². The van der Waals surface area contributed by atoms with Crippen LogP contribution >= 0.6 is 0 Å². The van der Waals surface area contributed by atoms with E-state index >= 15 is 0 Å². The Bertz CT molecular complexity index is 230. The minimum absolute atomic E-state index is 0.151. The predicted molar refractivity (Wildman–Crippen MR) is 62.5 cm³/mol. The molecule has 0 radical (unpaired) electrons. The van der Waals surface area contributed by atoms with Gasteiger partial charge in [-0.05, 0) is 53.2 Å². The van der Waals surface area contributed by atoms with Gasteiger partial charge in [0.1, 0.15) is 0 Å². The number of hydrogen-bond donors (Lipinski definition) is 1. The van der Waals surface area contributed by atoms with Crippen LogP contribution in [-0.4, -0.2) is 37.6 Å². The third-order valence-electron chi connectivity index (χ3n) is 3.26. The Labute approximate surface area is 93.5 Å². The summed E-state index contributed by atoms with van der Waals surface area (Å²) in [4.78, 5) is 2.49. The first-order valence-electron chi connectivity index (χ1n) is 5.88. The number of hydrogen-bond acceptors (Lipinski definition) is 3. The number of nitriles is 1. The second kappa shape index (κ2) is 5.48. The SMILES string of the molecule is CNC1CCN(CCCC(C)(C)C#N)C1. The van der Waals surface area contributed by atoms with Crippen molar-refractivity contribution in [2.75, 3.05) is 26.7 Å². The Morgan fingerprint density at radius 2 is 2.27 bits per heavy atom. The molecule has 1 aliphatic rings. The van der Waals surface area contributed by atoms with E-state index in [0.717, 1.165) is 19.4 Å². The highest BCUT2D eigenvalue weighted by atomic mass is 15.2. The number of nitrogens with one attached hydrogen (secondary N) is 1. The van der Waals surface area contributed by atoms with Crippen molar-refractivity contribution in [1.29, 1.82) is 5.26 Å². The van der Waals surface area contributed by atoms with Gasteiger partial charge in [0, 0.05) is 12.6 Å². The van der Waals surface area contributed by atoms with E-state index < -0.39 is 0 Å². The molecule has 0 aliphatic carbocycles. The summed E-state index contributed by atoms with van der Waals surface area (Å²) in [6, 6.07) is 3.03. The monoisotopic (exact) mass is 209 g/mol. The first-order valence-corrected chi connectivity index (χ1v) is 5.88. The van der Waals surface area contributed by atoms with Crippen molar-refractivity contribution in [3.63, 3.8) is 0 Å². The molecule has 1 N–H and O–H groups in total. The third-order valence-corrected chi connectivity index (χ3v) is 3.26. The fourth-order valence-electron chi connectivity index (χ4n) is 2.07. The van der Waals surface area contributed by atoms with Crippen LogP contribution in [0.3, 0.4) is 0 Å². The van der Waals surface area contributed by atoms with Crippen molar-refractivity contribution >= 4 is 0 Å². The van der Waals surface area contributed by atoms with E-state index in [1.54, 1.807) is 0 Å². The summed E-state index contributed by atoms with van der Waals surface area (Å²) < 4.78 is 0. The quantitative estimate of drug-likeness (QED) is 0.747.